The number of rotatable bonds is 6. The zero-order valence-corrected chi connectivity index (χ0v) is 19.2. The number of carbonyl (C=O) groups is 1. The van der Waals surface area contributed by atoms with Gasteiger partial charge in [-0.15, -0.1) is 5.10 Å². The van der Waals surface area contributed by atoms with Gasteiger partial charge < -0.3 is 26.2 Å². The van der Waals surface area contributed by atoms with E-state index in [0.29, 0.717) is 34.4 Å². The van der Waals surface area contributed by atoms with Gasteiger partial charge in [-0.1, -0.05) is 16.8 Å². The van der Waals surface area contributed by atoms with E-state index >= 15 is 0 Å². The van der Waals surface area contributed by atoms with Crippen molar-refractivity contribution in [2.45, 2.75) is 44.7 Å². The third-order valence-electron chi connectivity index (χ3n) is 5.70. The van der Waals surface area contributed by atoms with Crippen molar-refractivity contribution in [1.82, 2.24) is 24.7 Å². The van der Waals surface area contributed by atoms with Crippen LogP contribution in [-0.4, -0.2) is 42.7 Å². The minimum Gasteiger partial charge on any atom is -0.366 e. The molecule has 12 heteroatoms. The minimum absolute atomic E-state index is 0.242. The second-order valence-corrected chi connectivity index (χ2v) is 8.73. The summed E-state index contributed by atoms with van der Waals surface area (Å²) < 4.78 is 6.67. The van der Waals surface area contributed by atoms with Gasteiger partial charge in [-0.2, -0.15) is 0 Å². The number of aromatic nitrogens is 5. The number of nitrogens with two attached hydrogens (primary N) is 1. The van der Waals surface area contributed by atoms with Crippen LogP contribution in [-0.2, 0) is 0 Å². The Labute approximate surface area is 200 Å². The Morgan fingerprint density at radius 1 is 1.18 bits per heavy atom. The Bertz CT molecular complexity index is 1330. The van der Waals surface area contributed by atoms with Gasteiger partial charge in [0.15, 0.2) is 17.2 Å². The fourth-order valence-electron chi connectivity index (χ4n) is 4.00. The normalized spacial score (nSPS) is 18.1. The first-order valence-electron chi connectivity index (χ1n) is 11.0. The number of anilines is 4. The van der Waals surface area contributed by atoms with Gasteiger partial charge in [-0.25, -0.2) is 14.5 Å². The van der Waals surface area contributed by atoms with Gasteiger partial charge in [0.25, 0.3) is 5.91 Å². The zero-order valence-electron chi connectivity index (χ0n) is 18.5. The molecule has 0 spiro atoms. The lowest BCUT2D eigenvalue weighted by atomic mass is 9.92. The van der Waals surface area contributed by atoms with Crippen LogP contribution in [0.25, 0.3) is 5.65 Å². The van der Waals surface area contributed by atoms with Crippen LogP contribution in [0, 0.1) is 6.92 Å². The standard InChI is InChI=1S/C22H24ClN9O2/c1-12-8-20(31-34-12)29-16-10-19(27-14-4-2-13(24)3-5-14)30-32-17(11-26-21(16)32)22(33)28-15-6-7-25-18(23)9-15/h6-11,13-14H,2-5,24H2,1H3,(H,27,30)(H,29,31)(H,25,28,33). The highest BCUT2D eigenvalue weighted by Crippen LogP contribution is 2.27. The van der Waals surface area contributed by atoms with Crippen molar-refractivity contribution < 1.29 is 9.32 Å². The number of fused-ring (bicyclic) bond motifs is 1. The topological polar surface area (TPSA) is 148 Å². The molecule has 11 nitrogen and oxygen atoms in total. The Morgan fingerprint density at radius 2 is 2.00 bits per heavy atom. The summed E-state index contributed by atoms with van der Waals surface area (Å²) in [5.74, 6) is 1.42. The number of amides is 1. The molecule has 0 saturated heterocycles. The number of halogens is 1. The quantitative estimate of drug-likeness (QED) is 0.302. The molecular weight excluding hydrogens is 458 g/mol. The number of pyridine rings is 1. The van der Waals surface area contributed by atoms with Crippen molar-refractivity contribution in [2.24, 2.45) is 5.73 Å². The Morgan fingerprint density at radius 3 is 2.74 bits per heavy atom. The lowest BCUT2D eigenvalue weighted by Gasteiger charge is -2.27. The van der Waals surface area contributed by atoms with Crippen LogP contribution in [0.3, 0.4) is 0 Å². The highest BCUT2D eigenvalue weighted by molar-refractivity contribution is 6.29. The van der Waals surface area contributed by atoms with Crippen LogP contribution >= 0.6 is 11.6 Å². The van der Waals surface area contributed by atoms with E-state index in [0.717, 1.165) is 25.7 Å². The molecule has 0 radical (unpaired) electrons. The van der Waals surface area contributed by atoms with Crippen LogP contribution in [0.4, 0.5) is 23.0 Å². The lowest BCUT2D eigenvalue weighted by Crippen LogP contribution is -2.33. The average Bonchev–Trinajstić information content (AvgIpc) is 3.41. The summed E-state index contributed by atoms with van der Waals surface area (Å²) in [6, 6.07) is 7.33. The second-order valence-electron chi connectivity index (χ2n) is 8.35. The third kappa shape index (κ3) is 4.80. The SMILES string of the molecule is Cc1cc(Nc2cc(NC3CCC(N)CC3)nn3c(C(=O)Nc4ccnc(Cl)c4)cnc23)no1. The third-order valence-corrected chi connectivity index (χ3v) is 5.91. The summed E-state index contributed by atoms with van der Waals surface area (Å²) in [4.78, 5) is 21.4. The van der Waals surface area contributed by atoms with Crippen molar-refractivity contribution in [3.05, 3.63) is 53.3 Å². The van der Waals surface area contributed by atoms with E-state index in [-0.39, 0.29) is 28.8 Å². The summed E-state index contributed by atoms with van der Waals surface area (Å²) in [5.41, 5.74) is 7.93. The van der Waals surface area contributed by atoms with E-state index < -0.39 is 0 Å². The molecule has 5 N–H and O–H groups in total. The Balaban J connectivity index is 1.49. The molecule has 1 aliphatic rings. The van der Waals surface area contributed by atoms with Crippen molar-refractivity contribution in [3.63, 3.8) is 0 Å². The Hall–Kier alpha value is -3.70. The van der Waals surface area contributed by atoms with Gasteiger partial charge in [-0.05, 0) is 44.7 Å². The molecule has 0 aliphatic heterocycles. The summed E-state index contributed by atoms with van der Waals surface area (Å²) >= 11 is 5.94. The van der Waals surface area contributed by atoms with Crippen LogP contribution in [0.2, 0.25) is 5.15 Å². The van der Waals surface area contributed by atoms with Gasteiger partial charge in [0.2, 0.25) is 0 Å². The van der Waals surface area contributed by atoms with E-state index in [9.17, 15) is 4.79 Å². The smallest absolute Gasteiger partial charge is 0.276 e. The molecule has 1 fully saturated rings. The van der Waals surface area contributed by atoms with Crippen molar-refractivity contribution >= 4 is 46.2 Å². The van der Waals surface area contributed by atoms with E-state index in [2.05, 4.69) is 36.2 Å². The summed E-state index contributed by atoms with van der Waals surface area (Å²) in [5, 5.41) is 18.5. The average molecular weight is 482 g/mol. The molecule has 4 heterocycles. The number of hydrogen-bond donors (Lipinski definition) is 4. The van der Waals surface area contributed by atoms with Gasteiger partial charge in [0.05, 0.1) is 11.9 Å². The first-order valence-corrected chi connectivity index (χ1v) is 11.4. The van der Waals surface area contributed by atoms with Crippen molar-refractivity contribution in [1.29, 1.82) is 0 Å². The summed E-state index contributed by atoms with van der Waals surface area (Å²) in [6.07, 6.45) is 6.80. The molecule has 5 rings (SSSR count). The molecule has 34 heavy (non-hydrogen) atoms. The zero-order chi connectivity index (χ0) is 23.7. The predicted octanol–water partition coefficient (Wildman–Crippen LogP) is 3.75. The number of aryl methyl sites for hydroxylation is 1. The largest absolute Gasteiger partial charge is 0.366 e. The number of carbonyl (C=O) groups excluding carboxylic acids is 1. The van der Waals surface area contributed by atoms with Crippen LogP contribution in [0.1, 0.15) is 41.9 Å². The molecule has 4 aromatic rings. The van der Waals surface area contributed by atoms with E-state index in [1.165, 1.54) is 16.9 Å². The lowest BCUT2D eigenvalue weighted by molar-refractivity contribution is 0.102. The second kappa shape index (κ2) is 9.27. The highest BCUT2D eigenvalue weighted by Gasteiger charge is 2.22. The van der Waals surface area contributed by atoms with Crippen LogP contribution in [0.15, 0.2) is 41.2 Å². The van der Waals surface area contributed by atoms with E-state index in [4.69, 9.17) is 21.9 Å². The number of hydrogen-bond acceptors (Lipinski definition) is 9. The molecule has 0 unspecified atom stereocenters. The summed E-state index contributed by atoms with van der Waals surface area (Å²) in [7, 11) is 0. The molecule has 1 saturated carbocycles. The number of imidazole rings is 1. The molecule has 1 amide bonds. The first kappa shape index (κ1) is 22.1. The molecule has 0 atom stereocenters. The molecule has 176 valence electrons. The number of nitrogens with zero attached hydrogens (tertiary/aromatic N) is 5. The molecule has 0 aromatic carbocycles. The van der Waals surface area contributed by atoms with Gasteiger partial charge >= 0.3 is 0 Å². The van der Waals surface area contributed by atoms with Gasteiger partial charge in [-0.3, -0.25) is 4.79 Å². The first-order chi connectivity index (χ1) is 16.4. The predicted molar refractivity (Wildman–Crippen MR) is 129 cm³/mol. The maximum Gasteiger partial charge on any atom is 0.276 e. The molecular formula is C22H24ClN9O2. The fourth-order valence-corrected chi connectivity index (χ4v) is 4.17. The van der Waals surface area contributed by atoms with E-state index in [1.807, 2.05) is 13.0 Å². The Kier molecular flexibility index (Phi) is 6.03. The highest BCUT2D eigenvalue weighted by atomic mass is 35.5. The van der Waals surface area contributed by atoms with Crippen LogP contribution in [0.5, 0.6) is 0 Å². The van der Waals surface area contributed by atoms with Gasteiger partial charge in [0.1, 0.15) is 16.7 Å². The number of nitrogens with one attached hydrogen (secondary N) is 3. The molecule has 1 aliphatic carbocycles. The molecule has 0 bridgehead atoms. The maximum absolute atomic E-state index is 13.1. The van der Waals surface area contributed by atoms with Crippen molar-refractivity contribution in [2.75, 3.05) is 16.0 Å². The summed E-state index contributed by atoms with van der Waals surface area (Å²) in [6.45, 7) is 1.81. The fraction of sp³-hybridized carbons (Fsp3) is 0.318. The van der Waals surface area contributed by atoms with Crippen LogP contribution < -0.4 is 21.7 Å². The molecule has 4 aromatic heterocycles. The van der Waals surface area contributed by atoms with Gasteiger partial charge in [0, 0.05) is 36.1 Å². The minimum atomic E-state index is -0.383. The maximum atomic E-state index is 13.1. The van der Waals surface area contributed by atoms with Crippen molar-refractivity contribution in [3.8, 4) is 0 Å². The van der Waals surface area contributed by atoms with E-state index in [1.54, 1.807) is 18.2 Å². The monoisotopic (exact) mass is 481 g/mol.